The molecule has 0 amide bonds. The second kappa shape index (κ2) is 5.80. The fraction of sp³-hybridized carbons (Fsp3) is 0.500. The van der Waals surface area contributed by atoms with E-state index < -0.39 is 0 Å². The molecule has 0 saturated carbocycles. The van der Waals surface area contributed by atoms with Crippen LogP contribution in [0.15, 0.2) is 12.5 Å². The van der Waals surface area contributed by atoms with E-state index in [-0.39, 0.29) is 0 Å². The van der Waals surface area contributed by atoms with Crippen LogP contribution >= 0.6 is 0 Å². The number of hydrogen-bond donors (Lipinski definition) is 1. The van der Waals surface area contributed by atoms with E-state index >= 15 is 0 Å². The van der Waals surface area contributed by atoms with Crippen molar-refractivity contribution in [1.29, 1.82) is 0 Å². The predicted molar refractivity (Wildman–Crippen MR) is 46.0 cm³/mol. The molecule has 1 aromatic rings. The van der Waals surface area contributed by atoms with Crippen LogP contribution < -0.4 is 5.73 Å². The van der Waals surface area contributed by atoms with Gasteiger partial charge in [-0.15, -0.1) is 0 Å². The molecule has 0 aliphatic rings. The van der Waals surface area contributed by atoms with Crippen LogP contribution in [0.2, 0.25) is 0 Å². The Hall–Kier alpha value is -0.960. The molecular formula is C8H15N3. The Balaban J connectivity index is 0.000000461. The Morgan fingerprint density at radius 2 is 2.09 bits per heavy atom. The van der Waals surface area contributed by atoms with Crippen molar-refractivity contribution < 1.29 is 0 Å². The van der Waals surface area contributed by atoms with Crippen LogP contribution in [0.1, 0.15) is 25.1 Å². The summed E-state index contributed by atoms with van der Waals surface area (Å²) in [5.74, 6) is 0. The number of rotatable bonds is 1. The van der Waals surface area contributed by atoms with Crippen molar-refractivity contribution >= 4 is 0 Å². The standard InChI is InChI=1S/C6H9N3.C2H6/c1-5-6(2-7)3-8-4-9-5;1-2/h3-4H,2,7H2,1H3;1-2H3. The van der Waals surface area contributed by atoms with E-state index in [4.69, 9.17) is 5.73 Å². The van der Waals surface area contributed by atoms with E-state index in [1.807, 2.05) is 20.8 Å². The molecule has 0 bridgehead atoms. The second-order valence-electron chi connectivity index (χ2n) is 1.84. The number of nitrogens with zero attached hydrogens (tertiary/aromatic N) is 2. The van der Waals surface area contributed by atoms with Crippen LogP contribution in [0, 0.1) is 6.92 Å². The molecule has 0 spiro atoms. The van der Waals surface area contributed by atoms with Gasteiger partial charge in [-0.25, -0.2) is 9.97 Å². The highest BCUT2D eigenvalue weighted by Crippen LogP contribution is 1.97. The lowest BCUT2D eigenvalue weighted by Gasteiger charge is -1.96. The van der Waals surface area contributed by atoms with E-state index in [1.165, 1.54) is 6.33 Å². The van der Waals surface area contributed by atoms with Crippen molar-refractivity contribution in [3.05, 3.63) is 23.8 Å². The monoisotopic (exact) mass is 153 g/mol. The molecule has 1 aromatic heterocycles. The first-order chi connectivity index (χ1) is 5.34. The summed E-state index contributed by atoms with van der Waals surface area (Å²) < 4.78 is 0. The molecule has 0 unspecified atom stereocenters. The third-order valence-corrected chi connectivity index (χ3v) is 1.23. The van der Waals surface area contributed by atoms with Crippen molar-refractivity contribution in [2.75, 3.05) is 0 Å². The zero-order valence-electron chi connectivity index (χ0n) is 7.33. The summed E-state index contributed by atoms with van der Waals surface area (Å²) in [6.07, 6.45) is 3.26. The van der Waals surface area contributed by atoms with Crippen molar-refractivity contribution in [3.8, 4) is 0 Å². The molecule has 0 radical (unpaired) electrons. The van der Waals surface area contributed by atoms with Gasteiger partial charge in [-0.05, 0) is 6.92 Å². The summed E-state index contributed by atoms with van der Waals surface area (Å²) in [7, 11) is 0. The fourth-order valence-corrected chi connectivity index (χ4v) is 0.620. The molecule has 0 saturated heterocycles. The van der Waals surface area contributed by atoms with E-state index in [9.17, 15) is 0 Å². The molecule has 2 N–H and O–H groups in total. The lowest BCUT2D eigenvalue weighted by atomic mass is 10.2. The quantitative estimate of drug-likeness (QED) is 0.661. The van der Waals surface area contributed by atoms with Gasteiger partial charge in [0, 0.05) is 24.0 Å². The second-order valence-corrected chi connectivity index (χ2v) is 1.84. The first-order valence-corrected chi connectivity index (χ1v) is 3.80. The lowest BCUT2D eigenvalue weighted by Crippen LogP contribution is -2.00. The molecule has 1 heterocycles. The third kappa shape index (κ3) is 3.09. The fourth-order valence-electron chi connectivity index (χ4n) is 0.620. The predicted octanol–water partition coefficient (Wildman–Crippen LogP) is 1.27. The summed E-state index contributed by atoms with van der Waals surface area (Å²) in [5.41, 5.74) is 7.35. The van der Waals surface area contributed by atoms with Gasteiger partial charge in [0.15, 0.2) is 0 Å². The Morgan fingerprint density at radius 1 is 1.45 bits per heavy atom. The van der Waals surface area contributed by atoms with E-state index in [1.54, 1.807) is 6.20 Å². The van der Waals surface area contributed by atoms with Crippen LogP contribution in [0.4, 0.5) is 0 Å². The zero-order chi connectivity index (χ0) is 8.69. The molecule has 0 aliphatic heterocycles. The molecule has 3 nitrogen and oxygen atoms in total. The Morgan fingerprint density at radius 3 is 2.45 bits per heavy atom. The summed E-state index contributed by atoms with van der Waals surface area (Å²) in [5, 5.41) is 0. The Kier molecular flexibility index (Phi) is 5.29. The van der Waals surface area contributed by atoms with Crippen molar-refractivity contribution in [2.45, 2.75) is 27.3 Å². The van der Waals surface area contributed by atoms with Gasteiger partial charge in [-0.3, -0.25) is 0 Å². The topological polar surface area (TPSA) is 51.8 Å². The maximum Gasteiger partial charge on any atom is 0.115 e. The van der Waals surface area contributed by atoms with Gasteiger partial charge >= 0.3 is 0 Å². The van der Waals surface area contributed by atoms with E-state index in [2.05, 4.69) is 9.97 Å². The molecular weight excluding hydrogens is 138 g/mol. The van der Waals surface area contributed by atoms with Gasteiger partial charge in [0.1, 0.15) is 6.33 Å². The minimum atomic E-state index is 0.521. The lowest BCUT2D eigenvalue weighted by molar-refractivity contribution is 0.967. The van der Waals surface area contributed by atoms with Crippen LogP contribution in [0.25, 0.3) is 0 Å². The smallest absolute Gasteiger partial charge is 0.115 e. The first kappa shape index (κ1) is 10.0. The summed E-state index contributed by atoms with van der Waals surface area (Å²) >= 11 is 0. The molecule has 11 heavy (non-hydrogen) atoms. The minimum absolute atomic E-state index is 0.521. The average molecular weight is 153 g/mol. The minimum Gasteiger partial charge on any atom is -0.326 e. The first-order valence-electron chi connectivity index (χ1n) is 3.80. The number of aryl methyl sites for hydroxylation is 1. The summed E-state index contributed by atoms with van der Waals surface area (Å²) in [6.45, 7) is 6.44. The maximum absolute atomic E-state index is 5.37. The molecule has 62 valence electrons. The van der Waals surface area contributed by atoms with Gasteiger partial charge in [0.25, 0.3) is 0 Å². The van der Waals surface area contributed by atoms with Crippen LogP contribution in [-0.2, 0) is 6.54 Å². The van der Waals surface area contributed by atoms with Gasteiger partial charge in [-0.1, -0.05) is 13.8 Å². The molecule has 0 fully saturated rings. The molecule has 0 aromatic carbocycles. The number of hydrogen-bond acceptors (Lipinski definition) is 3. The van der Waals surface area contributed by atoms with Crippen LogP contribution in [0.5, 0.6) is 0 Å². The van der Waals surface area contributed by atoms with E-state index in [0.29, 0.717) is 6.54 Å². The van der Waals surface area contributed by atoms with Gasteiger partial charge < -0.3 is 5.73 Å². The third-order valence-electron chi connectivity index (χ3n) is 1.23. The van der Waals surface area contributed by atoms with Crippen molar-refractivity contribution in [3.63, 3.8) is 0 Å². The van der Waals surface area contributed by atoms with Gasteiger partial charge in [0.05, 0.1) is 0 Å². The SMILES string of the molecule is CC.Cc1ncncc1CN. The van der Waals surface area contributed by atoms with Gasteiger partial charge in [-0.2, -0.15) is 0 Å². The molecule has 0 aliphatic carbocycles. The van der Waals surface area contributed by atoms with Crippen molar-refractivity contribution in [1.82, 2.24) is 9.97 Å². The maximum atomic E-state index is 5.37. The number of nitrogens with two attached hydrogens (primary N) is 1. The normalized spacial score (nSPS) is 8.36. The van der Waals surface area contributed by atoms with Gasteiger partial charge in [0.2, 0.25) is 0 Å². The highest BCUT2D eigenvalue weighted by molar-refractivity contribution is 5.12. The summed E-state index contributed by atoms with van der Waals surface area (Å²) in [6, 6.07) is 0. The van der Waals surface area contributed by atoms with E-state index in [0.717, 1.165) is 11.3 Å². The highest BCUT2D eigenvalue weighted by Gasteiger charge is 1.92. The Labute approximate surface area is 67.7 Å². The Bertz CT molecular complexity index is 198. The highest BCUT2D eigenvalue weighted by atomic mass is 14.8. The summed E-state index contributed by atoms with van der Waals surface area (Å²) in [4.78, 5) is 7.78. The van der Waals surface area contributed by atoms with Crippen LogP contribution in [0.3, 0.4) is 0 Å². The number of aromatic nitrogens is 2. The molecule has 0 atom stereocenters. The molecule has 1 rings (SSSR count). The largest absolute Gasteiger partial charge is 0.326 e. The average Bonchev–Trinajstić information content (AvgIpc) is 2.09. The van der Waals surface area contributed by atoms with Crippen molar-refractivity contribution in [2.24, 2.45) is 5.73 Å². The zero-order valence-corrected chi connectivity index (χ0v) is 7.33. The molecule has 3 heteroatoms. The van der Waals surface area contributed by atoms with Crippen LogP contribution in [-0.4, -0.2) is 9.97 Å².